The Kier molecular flexibility index (Phi) is 5.94. The molecule has 8 heteroatoms. The number of hydrogen-bond donors (Lipinski definition) is 5. The Hall–Kier alpha value is -2.32. The molecule has 0 aliphatic heterocycles. The average Bonchev–Trinajstić information content (AvgIpc) is 2.42. The average molecular weight is 326 g/mol. The third kappa shape index (κ3) is 5.42. The van der Waals surface area contributed by atoms with Gasteiger partial charge in [0.25, 0.3) is 0 Å². The van der Waals surface area contributed by atoms with Gasteiger partial charge >= 0.3 is 12.1 Å². The number of carboxylic acids is 1. The number of aliphatic hydroxyl groups excluding tert-OH is 2. The summed E-state index contributed by atoms with van der Waals surface area (Å²) in [5, 5.41) is 31.4. The summed E-state index contributed by atoms with van der Waals surface area (Å²) >= 11 is 0. The van der Waals surface area contributed by atoms with Crippen molar-refractivity contribution in [3.05, 3.63) is 29.3 Å². The quantitative estimate of drug-likeness (QED) is 0.506. The maximum atomic E-state index is 11.5. The van der Waals surface area contributed by atoms with Crippen molar-refractivity contribution in [2.45, 2.75) is 38.6 Å². The van der Waals surface area contributed by atoms with Crippen LogP contribution in [-0.2, 0) is 4.74 Å². The molecule has 0 fully saturated rings. The largest absolute Gasteiger partial charge is 0.478 e. The van der Waals surface area contributed by atoms with Gasteiger partial charge in [-0.25, -0.2) is 9.59 Å². The number of hydrogen-bond acceptors (Lipinski definition) is 6. The molecule has 0 radical (unpaired) electrons. The fraction of sp³-hybridized carbons (Fsp3) is 0.467. The predicted octanol–water partition coefficient (Wildman–Crippen LogP) is 0.886. The van der Waals surface area contributed by atoms with Gasteiger partial charge in [0.05, 0.1) is 11.3 Å². The minimum atomic E-state index is -1.45. The van der Waals surface area contributed by atoms with Crippen LogP contribution in [0.4, 0.5) is 10.5 Å². The highest BCUT2D eigenvalue weighted by Gasteiger charge is 2.24. The summed E-state index contributed by atoms with van der Waals surface area (Å²) in [6.07, 6.45) is -3.57. The van der Waals surface area contributed by atoms with Crippen molar-refractivity contribution in [2.24, 2.45) is 0 Å². The van der Waals surface area contributed by atoms with E-state index in [1.807, 2.05) is 0 Å². The van der Waals surface area contributed by atoms with Crippen LogP contribution in [0.3, 0.4) is 0 Å². The third-order valence-corrected chi connectivity index (χ3v) is 2.91. The van der Waals surface area contributed by atoms with Crippen LogP contribution in [0.2, 0.25) is 0 Å². The van der Waals surface area contributed by atoms with Crippen LogP contribution in [0, 0.1) is 0 Å². The van der Waals surface area contributed by atoms with E-state index < -0.39 is 29.9 Å². The zero-order valence-electron chi connectivity index (χ0n) is 13.2. The van der Waals surface area contributed by atoms with Gasteiger partial charge in [-0.3, -0.25) is 0 Å². The Labute approximate surface area is 133 Å². The number of para-hydroxylation sites is 1. The number of nitrogens with one attached hydrogen (secondary N) is 1. The Bertz CT molecular complexity index is 582. The van der Waals surface area contributed by atoms with Gasteiger partial charge in [-0.1, -0.05) is 12.1 Å². The second-order valence-corrected chi connectivity index (χ2v) is 6.01. The third-order valence-electron chi connectivity index (χ3n) is 2.91. The van der Waals surface area contributed by atoms with E-state index in [1.165, 1.54) is 18.2 Å². The summed E-state index contributed by atoms with van der Waals surface area (Å²) in [5.41, 5.74) is 4.78. The second kappa shape index (κ2) is 7.30. The zero-order chi connectivity index (χ0) is 17.8. The molecule has 8 nitrogen and oxygen atoms in total. The molecule has 2 unspecified atom stereocenters. The molecule has 23 heavy (non-hydrogen) atoms. The molecule has 1 rings (SSSR count). The number of carboxylic acid groups (broad SMARTS) is 1. The summed E-state index contributed by atoms with van der Waals surface area (Å²) in [4.78, 5) is 22.5. The molecule has 0 spiro atoms. The number of nitrogens with two attached hydrogens (primary N) is 1. The molecule has 1 aromatic rings. The van der Waals surface area contributed by atoms with Gasteiger partial charge in [0, 0.05) is 12.1 Å². The first kappa shape index (κ1) is 18.7. The highest BCUT2D eigenvalue weighted by molar-refractivity contribution is 5.94. The van der Waals surface area contributed by atoms with Crippen LogP contribution >= 0.6 is 0 Å². The number of anilines is 1. The molecule has 128 valence electrons. The number of amides is 1. The molecule has 6 N–H and O–H groups in total. The lowest BCUT2D eigenvalue weighted by Gasteiger charge is -2.23. The van der Waals surface area contributed by atoms with Crippen LogP contribution in [0.1, 0.15) is 42.8 Å². The molecule has 0 saturated carbocycles. The Morgan fingerprint density at radius 1 is 1.30 bits per heavy atom. The molecule has 0 bridgehead atoms. The van der Waals surface area contributed by atoms with Crippen LogP contribution in [-0.4, -0.2) is 45.6 Å². The standard InChI is InChI=1S/C15H22N2O6/c1-15(2,3)23-14(22)17-7-10(18)12(19)8-5-4-6-9(11(8)16)13(20)21/h4-6,10,12,18-19H,7,16H2,1-3H3,(H,17,22)(H,20,21). The molecule has 2 atom stereocenters. The Balaban J connectivity index is 2.74. The number of benzene rings is 1. The molecule has 0 saturated heterocycles. The maximum absolute atomic E-state index is 11.5. The Morgan fingerprint density at radius 3 is 2.43 bits per heavy atom. The monoisotopic (exact) mass is 326 g/mol. The summed E-state index contributed by atoms with van der Waals surface area (Å²) in [7, 11) is 0. The fourth-order valence-electron chi connectivity index (χ4n) is 1.85. The lowest BCUT2D eigenvalue weighted by molar-refractivity contribution is 0.0132. The molecule has 1 aromatic carbocycles. The van der Waals surface area contributed by atoms with E-state index in [9.17, 15) is 19.8 Å². The SMILES string of the molecule is CC(C)(C)OC(=O)NCC(O)C(O)c1cccc(C(=O)O)c1N. The molecular weight excluding hydrogens is 304 g/mol. The summed E-state index contributed by atoms with van der Waals surface area (Å²) in [5.74, 6) is -1.24. The highest BCUT2D eigenvalue weighted by Crippen LogP contribution is 2.26. The van der Waals surface area contributed by atoms with E-state index in [4.69, 9.17) is 15.6 Å². The van der Waals surface area contributed by atoms with Crippen LogP contribution in [0.25, 0.3) is 0 Å². The summed E-state index contributed by atoms with van der Waals surface area (Å²) in [6.45, 7) is 4.79. The van der Waals surface area contributed by atoms with Gasteiger partial charge < -0.3 is 31.1 Å². The number of aliphatic hydroxyl groups is 2. The minimum absolute atomic E-state index is 0.0726. The smallest absolute Gasteiger partial charge is 0.407 e. The van der Waals surface area contributed by atoms with Crippen molar-refractivity contribution in [2.75, 3.05) is 12.3 Å². The van der Waals surface area contributed by atoms with Crippen molar-refractivity contribution in [3.8, 4) is 0 Å². The summed E-state index contributed by atoms with van der Waals surface area (Å²) in [6, 6.07) is 4.11. The van der Waals surface area contributed by atoms with Gasteiger partial charge in [-0.2, -0.15) is 0 Å². The van der Waals surface area contributed by atoms with Crippen LogP contribution < -0.4 is 11.1 Å². The number of alkyl carbamates (subject to hydrolysis) is 1. The molecule has 1 amide bonds. The molecule has 0 aliphatic carbocycles. The van der Waals surface area contributed by atoms with Crippen molar-refractivity contribution in [1.29, 1.82) is 0 Å². The first-order valence-electron chi connectivity index (χ1n) is 6.97. The van der Waals surface area contributed by atoms with Gasteiger partial charge in [0.1, 0.15) is 17.8 Å². The van der Waals surface area contributed by atoms with E-state index in [1.54, 1.807) is 20.8 Å². The molecule has 0 aliphatic rings. The van der Waals surface area contributed by atoms with Gasteiger partial charge in [0.2, 0.25) is 0 Å². The lowest BCUT2D eigenvalue weighted by atomic mass is 9.99. The van der Waals surface area contributed by atoms with Crippen molar-refractivity contribution in [1.82, 2.24) is 5.32 Å². The molecular formula is C15H22N2O6. The summed E-state index contributed by atoms with van der Waals surface area (Å²) < 4.78 is 5.00. The zero-order valence-corrected chi connectivity index (χ0v) is 13.2. The number of ether oxygens (including phenoxy) is 1. The second-order valence-electron chi connectivity index (χ2n) is 6.01. The van der Waals surface area contributed by atoms with Gasteiger partial charge in [0.15, 0.2) is 0 Å². The van der Waals surface area contributed by atoms with Crippen molar-refractivity contribution in [3.63, 3.8) is 0 Å². The van der Waals surface area contributed by atoms with E-state index in [0.717, 1.165) is 0 Å². The number of carbonyl (C=O) groups is 2. The minimum Gasteiger partial charge on any atom is -0.478 e. The number of carbonyl (C=O) groups excluding carboxylic acids is 1. The van der Waals surface area contributed by atoms with Crippen LogP contribution in [0.5, 0.6) is 0 Å². The van der Waals surface area contributed by atoms with Crippen LogP contribution in [0.15, 0.2) is 18.2 Å². The lowest BCUT2D eigenvalue weighted by Crippen LogP contribution is -2.39. The topological polar surface area (TPSA) is 142 Å². The van der Waals surface area contributed by atoms with Crippen molar-refractivity contribution < 1.29 is 29.6 Å². The van der Waals surface area contributed by atoms with Gasteiger partial charge in [-0.05, 0) is 26.8 Å². The van der Waals surface area contributed by atoms with E-state index in [0.29, 0.717) is 0 Å². The normalized spacial score (nSPS) is 14.0. The number of nitrogen functional groups attached to an aromatic ring is 1. The predicted molar refractivity (Wildman–Crippen MR) is 83.0 cm³/mol. The first-order chi connectivity index (χ1) is 10.5. The van der Waals surface area contributed by atoms with E-state index in [-0.39, 0.29) is 23.4 Å². The Morgan fingerprint density at radius 2 is 1.91 bits per heavy atom. The maximum Gasteiger partial charge on any atom is 0.407 e. The number of rotatable bonds is 5. The fourth-order valence-corrected chi connectivity index (χ4v) is 1.85. The van der Waals surface area contributed by atoms with E-state index in [2.05, 4.69) is 5.32 Å². The van der Waals surface area contributed by atoms with E-state index >= 15 is 0 Å². The van der Waals surface area contributed by atoms with Crippen molar-refractivity contribution >= 4 is 17.7 Å². The first-order valence-corrected chi connectivity index (χ1v) is 6.97. The molecule has 0 heterocycles. The van der Waals surface area contributed by atoms with Gasteiger partial charge in [-0.15, -0.1) is 0 Å². The number of aromatic carboxylic acids is 1. The highest BCUT2D eigenvalue weighted by atomic mass is 16.6. The molecule has 0 aromatic heterocycles.